The molecule has 0 bridgehead atoms. The largest absolute Gasteiger partial charge is 0.322 e. The molecule has 4 heteroatoms. The average Bonchev–Trinajstić information content (AvgIpc) is 3.08. The van der Waals surface area contributed by atoms with E-state index >= 15 is 0 Å². The lowest BCUT2D eigenvalue weighted by Gasteiger charge is -2.13. The Morgan fingerprint density at radius 3 is 2.62 bits per heavy atom. The van der Waals surface area contributed by atoms with Crippen molar-refractivity contribution >= 4 is 28.9 Å². The molecule has 1 aromatic heterocycles. The third kappa shape index (κ3) is 3.79. The number of thioether (sulfide) groups is 1. The smallest absolute Gasteiger partial charge is 0.251 e. The van der Waals surface area contributed by atoms with E-state index in [1.165, 1.54) is 25.7 Å². The van der Waals surface area contributed by atoms with Gasteiger partial charge in [0.15, 0.2) is 0 Å². The second kappa shape index (κ2) is 7.62. The quantitative estimate of drug-likeness (QED) is 0.712. The standard InChI is InChI=1S/C20H22ClNOS/c1-13-7-9-18(22-20(13)23)16(11-14-5-3-4-6-14)15-8-10-19(24-2)17(21)12-15/h7-12,14H,3-6H2,1-2H3,(H,22,23). The predicted octanol–water partition coefficient (Wildman–Crippen LogP) is 5.68. The van der Waals surface area contributed by atoms with Crippen LogP contribution in [0.15, 0.2) is 46.1 Å². The number of rotatable bonds is 4. The van der Waals surface area contributed by atoms with Crippen LogP contribution in [0, 0.1) is 12.8 Å². The number of aromatic amines is 1. The molecule has 24 heavy (non-hydrogen) atoms. The minimum absolute atomic E-state index is 0.0309. The molecule has 0 unspecified atom stereocenters. The van der Waals surface area contributed by atoms with Crippen LogP contribution >= 0.6 is 23.4 Å². The maximum absolute atomic E-state index is 12.1. The summed E-state index contributed by atoms with van der Waals surface area (Å²) in [7, 11) is 0. The Hall–Kier alpha value is -1.45. The minimum Gasteiger partial charge on any atom is -0.322 e. The molecule has 2 aromatic rings. The maximum Gasteiger partial charge on any atom is 0.251 e. The molecular formula is C20H22ClNOS. The van der Waals surface area contributed by atoms with E-state index < -0.39 is 0 Å². The molecule has 0 radical (unpaired) electrons. The van der Waals surface area contributed by atoms with Gasteiger partial charge in [-0.1, -0.05) is 42.7 Å². The number of halogens is 1. The van der Waals surface area contributed by atoms with Crippen LogP contribution < -0.4 is 5.56 Å². The summed E-state index contributed by atoms with van der Waals surface area (Å²) in [5.41, 5.74) is 3.70. The zero-order chi connectivity index (χ0) is 17.1. The van der Waals surface area contributed by atoms with Crippen molar-refractivity contribution in [3.63, 3.8) is 0 Å². The summed E-state index contributed by atoms with van der Waals surface area (Å²) in [6.07, 6.45) is 9.34. The first-order valence-corrected chi connectivity index (χ1v) is 9.95. The van der Waals surface area contributed by atoms with Gasteiger partial charge < -0.3 is 4.98 Å². The Morgan fingerprint density at radius 2 is 2.00 bits per heavy atom. The van der Waals surface area contributed by atoms with Crippen LogP contribution in [0.2, 0.25) is 5.02 Å². The lowest BCUT2D eigenvalue weighted by Crippen LogP contribution is -2.11. The van der Waals surface area contributed by atoms with E-state index in [-0.39, 0.29) is 5.56 Å². The molecule has 1 fully saturated rings. The molecule has 0 spiro atoms. The van der Waals surface area contributed by atoms with Crippen molar-refractivity contribution in [3.8, 4) is 0 Å². The molecule has 0 aliphatic heterocycles. The number of hydrogen-bond acceptors (Lipinski definition) is 2. The van der Waals surface area contributed by atoms with Crippen LogP contribution in [0.25, 0.3) is 5.57 Å². The minimum atomic E-state index is -0.0309. The highest BCUT2D eigenvalue weighted by Crippen LogP contribution is 2.34. The molecule has 3 rings (SSSR count). The Bertz CT molecular complexity index is 819. The summed E-state index contributed by atoms with van der Waals surface area (Å²) in [5, 5.41) is 0.756. The maximum atomic E-state index is 12.1. The Balaban J connectivity index is 2.09. The fourth-order valence-electron chi connectivity index (χ4n) is 3.24. The van der Waals surface area contributed by atoms with Crippen molar-refractivity contribution in [3.05, 3.63) is 68.6 Å². The molecular weight excluding hydrogens is 338 g/mol. The Kier molecular flexibility index (Phi) is 5.52. The van der Waals surface area contributed by atoms with Gasteiger partial charge in [0.25, 0.3) is 5.56 Å². The number of hydrogen-bond donors (Lipinski definition) is 1. The molecule has 1 heterocycles. The van der Waals surface area contributed by atoms with Gasteiger partial charge in [-0.05, 0) is 55.7 Å². The number of allylic oxidation sites excluding steroid dienone is 1. The SMILES string of the molecule is CSc1ccc(C(=CC2CCCC2)c2ccc(C)c(=O)[nH]2)cc1Cl. The number of pyridine rings is 1. The van der Waals surface area contributed by atoms with Crippen molar-refractivity contribution in [2.75, 3.05) is 6.26 Å². The van der Waals surface area contributed by atoms with E-state index in [4.69, 9.17) is 11.6 Å². The van der Waals surface area contributed by atoms with Crippen LogP contribution in [0.5, 0.6) is 0 Å². The van der Waals surface area contributed by atoms with Crippen LogP contribution in [0.4, 0.5) is 0 Å². The first-order chi connectivity index (χ1) is 11.6. The summed E-state index contributed by atoms with van der Waals surface area (Å²) in [6.45, 7) is 1.83. The second-order valence-electron chi connectivity index (χ2n) is 6.36. The third-order valence-electron chi connectivity index (χ3n) is 4.66. The van der Waals surface area contributed by atoms with Crippen molar-refractivity contribution in [2.45, 2.75) is 37.5 Å². The first kappa shape index (κ1) is 17.4. The van der Waals surface area contributed by atoms with Gasteiger partial charge in [-0.2, -0.15) is 0 Å². The van der Waals surface area contributed by atoms with E-state index in [0.29, 0.717) is 5.92 Å². The third-order valence-corrected chi connectivity index (χ3v) is 5.88. The molecule has 1 saturated carbocycles. The van der Waals surface area contributed by atoms with Crippen molar-refractivity contribution in [1.82, 2.24) is 4.98 Å². The highest BCUT2D eigenvalue weighted by Gasteiger charge is 2.16. The number of aryl methyl sites for hydroxylation is 1. The number of H-pyrrole nitrogens is 1. The molecule has 2 nitrogen and oxygen atoms in total. The second-order valence-corrected chi connectivity index (χ2v) is 7.61. The lowest BCUT2D eigenvalue weighted by atomic mass is 9.96. The summed E-state index contributed by atoms with van der Waals surface area (Å²) in [5.74, 6) is 0.573. The number of nitrogens with one attached hydrogen (secondary N) is 1. The monoisotopic (exact) mass is 359 g/mol. The Morgan fingerprint density at radius 1 is 1.25 bits per heavy atom. The Labute approximate surface area is 152 Å². The van der Waals surface area contributed by atoms with Gasteiger partial charge in [0.05, 0.1) is 5.02 Å². The van der Waals surface area contributed by atoms with E-state index in [1.54, 1.807) is 11.8 Å². The summed E-state index contributed by atoms with van der Waals surface area (Å²) < 4.78 is 0. The van der Waals surface area contributed by atoms with E-state index in [0.717, 1.165) is 32.3 Å². The summed E-state index contributed by atoms with van der Waals surface area (Å²) >= 11 is 8.05. The predicted molar refractivity (Wildman–Crippen MR) is 104 cm³/mol. The van der Waals surface area contributed by atoms with Crippen LogP contribution in [-0.2, 0) is 0 Å². The van der Waals surface area contributed by atoms with Crippen LogP contribution in [0.1, 0.15) is 42.5 Å². The molecule has 126 valence electrons. The molecule has 0 atom stereocenters. The van der Waals surface area contributed by atoms with Crippen molar-refractivity contribution in [2.24, 2.45) is 5.92 Å². The number of benzene rings is 1. The average molecular weight is 360 g/mol. The molecule has 0 saturated heterocycles. The summed E-state index contributed by atoms with van der Waals surface area (Å²) in [4.78, 5) is 16.2. The molecule has 0 amide bonds. The van der Waals surface area contributed by atoms with Gasteiger partial charge in [-0.15, -0.1) is 11.8 Å². The molecule has 1 N–H and O–H groups in total. The normalized spacial score (nSPS) is 15.9. The van der Waals surface area contributed by atoms with E-state index in [9.17, 15) is 4.79 Å². The topological polar surface area (TPSA) is 32.9 Å². The number of aromatic nitrogens is 1. The van der Waals surface area contributed by atoms with Gasteiger partial charge in [0.2, 0.25) is 0 Å². The van der Waals surface area contributed by atoms with Gasteiger partial charge in [-0.3, -0.25) is 4.79 Å². The molecule has 1 aromatic carbocycles. The zero-order valence-corrected chi connectivity index (χ0v) is 15.6. The van der Waals surface area contributed by atoms with E-state index in [2.05, 4.69) is 23.2 Å². The van der Waals surface area contributed by atoms with Gasteiger partial charge in [0, 0.05) is 21.7 Å². The first-order valence-electron chi connectivity index (χ1n) is 8.34. The lowest BCUT2D eigenvalue weighted by molar-refractivity contribution is 0.687. The molecule has 1 aliphatic carbocycles. The highest BCUT2D eigenvalue weighted by molar-refractivity contribution is 7.98. The van der Waals surface area contributed by atoms with Gasteiger partial charge in [-0.25, -0.2) is 0 Å². The highest BCUT2D eigenvalue weighted by atomic mass is 35.5. The van der Waals surface area contributed by atoms with E-state index in [1.807, 2.05) is 31.4 Å². The van der Waals surface area contributed by atoms with Gasteiger partial charge in [0.1, 0.15) is 0 Å². The summed E-state index contributed by atoms with van der Waals surface area (Å²) in [6, 6.07) is 10.0. The zero-order valence-electron chi connectivity index (χ0n) is 14.1. The molecule has 1 aliphatic rings. The fraction of sp³-hybridized carbons (Fsp3) is 0.350. The van der Waals surface area contributed by atoms with Crippen molar-refractivity contribution in [1.29, 1.82) is 0 Å². The van der Waals surface area contributed by atoms with Crippen molar-refractivity contribution < 1.29 is 0 Å². The van der Waals surface area contributed by atoms with Crippen LogP contribution in [-0.4, -0.2) is 11.2 Å². The van der Waals surface area contributed by atoms with Gasteiger partial charge >= 0.3 is 0 Å². The fourth-order valence-corrected chi connectivity index (χ4v) is 4.11. The van der Waals surface area contributed by atoms with Crippen LogP contribution in [0.3, 0.4) is 0 Å².